The highest BCUT2D eigenvalue weighted by atomic mass is 16.5. The number of ketones is 1. The summed E-state index contributed by atoms with van der Waals surface area (Å²) in [7, 11) is 0. The number of hydrogen-bond donors (Lipinski definition) is 0. The second-order valence-electron chi connectivity index (χ2n) is 6.98. The summed E-state index contributed by atoms with van der Waals surface area (Å²) >= 11 is 0. The molecule has 0 fully saturated rings. The van der Waals surface area contributed by atoms with Gasteiger partial charge in [0.2, 0.25) is 0 Å². The van der Waals surface area contributed by atoms with Gasteiger partial charge in [-0.05, 0) is 22.3 Å². The van der Waals surface area contributed by atoms with Gasteiger partial charge in [-0.2, -0.15) is 0 Å². The van der Waals surface area contributed by atoms with E-state index in [1.807, 2.05) is 72.8 Å². The normalized spacial score (nSPS) is 11.6. The van der Waals surface area contributed by atoms with Gasteiger partial charge in [0.05, 0.1) is 5.92 Å². The van der Waals surface area contributed by atoms with E-state index >= 15 is 0 Å². The van der Waals surface area contributed by atoms with Gasteiger partial charge in [0.25, 0.3) is 0 Å². The third-order valence-corrected chi connectivity index (χ3v) is 4.62. The molecule has 3 rings (SSSR count). The zero-order valence-corrected chi connectivity index (χ0v) is 16.0. The van der Waals surface area contributed by atoms with Crippen LogP contribution in [-0.2, 0) is 27.4 Å². The Hall–Kier alpha value is -3.20. The summed E-state index contributed by atoms with van der Waals surface area (Å²) in [5.74, 6) is -0.743. The second kappa shape index (κ2) is 9.65. The zero-order valence-electron chi connectivity index (χ0n) is 16.0. The van der Waals surface area contributed by atoms with Crippen LogP contribution in [0.15, 0.2) is 84.9 Å². The highest BCUT2D eigenvalue weighted by molar-refractivity contribution is 5.85. The van der Waals surface area contributed by atoms with Gasteiger partial charge in [-0.15, -0.1) is 0 Å². The first-order chi connectivity index (χ1) is 13.6. The van der Waals surface area contributed by atoms with Gasteiger partial charge in [0.15, 0.2) is 0 Å². The van der Waals surface area contributed by atoms with Crippen LogP contribution in [-0.4, -0.2) is 11.8 Å². The molecule has 0 radical (unpaired) electrons. The number of Topliss-reactive ketones (excluding diaryl/α,β-unsaturated/α-hetero) is 1. The Balaban J connectivity index is 1.48. The zero-order chi connectivity index (χ0) is 19.8. The van der Waals surface area contributed by atoms with Crippen molar-refractivity contribution in [3.63, 3.8) is 0 Å². The van der Waals surface area contributed by atoms with Crippen molar-refractivity contribution < 1.29 is 14.3 Å². The fraction of sp³-hybridized carbons (Fsp3) is 0.200. The third kappa shape index (κ3) is 5.65. The maximum Gasteiger partial charge on any atom is 0.309 e. The maximum absolute atomic E-state index is 12.3. The molecule has 0 saturated heterocycles. The molecule has 1 atom stereocenters. The highest BCUT2D eigenvalue weighted by Crippen LogP contribution is 2.20. The molecular weight excluding hydrogens is 348 g/mol. The monoisotopic (exact) mass is 372 g/mol. The lowest BCUT2D eigenvalue weighted by molar-refractivity contribution is -0.150. The lowest BCUT2D eigenvalue weighted by Crippen LogP contribution is -2.19. The number of carbonyl (C=O) groups is 2. The Labute approximate surface area is 166 Å². The topological polar surface area (TPSA) is 43.4 Å². The minimum absolute atomic E-state index is 0.0385. The molecule has 0 aliphatic heterocycles. The van der Waals surface area contributed by atoms with Crippen LogP contribution in [0.3, 0.4) is 0 Å². The third-order valence-electron chi connectivity index (χ3n) is 4.62. The Morgan fingerprint density at radius 2 is 1.32 bits per heavy atom. The highest BCUT2D eigenvalue weighted by Gasteiger charge is 2.18. The maximum atomic E-state index is 12.3. The molecule has 3 heteroatoms. The number of hydrogen-bond acceptors (Lipinski definition) is 3. The predicted molar refractivity (Wildman–Crippen MR) is 111 cm³/mol. The molecule has 0 amide bonds. The molecule has 0 bridgehead atoms. The van der Waals surface area contributed by atoms with Crippen molar-refractivity contribution in [2.24, 2.45) is 5.92 Å². The van der Waals surface area contributed by atoms with E-state index in [9.17, 15) is 9.59 Å². The summed E-state index contributed by atoms with van der Waals surface area (Å²) < 4.78 is 5.31. The summed E-state index contributed by atoms with van der Waals surface area (Å²) in [6, 6.07) is 27.6. The quantitative estimate of drug-likeness (QED) is 0.508. The summed E-state index contributed by atoms with van der Waals surface area (Å²) in [6.07, 6.45) is 0.513. The molecule has 0 aromatic heterocycles. The largest absolute Gasteiger partial charge is 0.461 e. The minimum atomic E-state index is -0.445. The van der Waals surface area contributed by atoms with Crippen LogP contribution >= 0.6 is 0 Å². The predicted octanol–water partition coefficient (Wildman–Crippen LogP) is 5.23. The Bertz CT molecular complexity index is 900. The van der Waals surface area contributed by atoms with E-state index in [1.165, 1.54) is 0 Å². The molecule has 1 unspecified atom stereocenters. The van der Waals surface area contributed by atoms with Crippen LogP contribution in [0.1, 0.15) is 24.5 Å². The van der Waals surface area contributed by atoms with Crippen molar-refractivity contribution in [1.82, 2.24) is 0 Å². The van der Waals surface area contributed by atoms with Crippen molar-refractivity contribution in [2.45, 2.75) is 26.4 Å². The van der Waals surface area contributed by atoms with E-state index in [1.54, 1.807) is 6.92 Å². The first-order valence-corrected chi connectivity index (χ1v) is 9.48. The first kappa shape index (κ1) is 19.6. The van der Waals surface area contributed by atoms with Gasteiger partial charge in [0.1, 0.15) is 12.4 Å². The molecule has 0 heterocycles. The molecule has 142 valence electrons. The fourth-order valence-corrected chi connectivity index (χ4v) is 3.04. The summed E-state index contributed by atoms with van der Waals surface area (Å²) in [5, 5.41) is 0. The minimum Gasteiger partial charge on any atom is -0.461 e. The fourth-order valence-electron chi connectivity index (χ4n) is 3.04. The number of carbonyl (C=O) groups excluding carboxylic acids is 2. The van der Waals surface area contributed by atoms with Crippen LogP contribution in [0.2, 0.25) is 0 Å². The average molecular weight is 372 g/mol. The van der Waals surface area contributed by atoms with Gasteiger partial charge < -0.3 is 4.74 Å². The van der Waals surface area contributed by atoms with Crippen LogP contribution < -0.4 is 0 Å². The molecule has 3 aromatic rings. The van der Waals surface area contributed by atoms with Crippen molar-refractivity contribution in [2.75, 3.05) is 0 Å². The molecular formula is C25H24O3. The summed E-state index contributed by atoms with van der Waals surface area (Å²) in [5.41, 5.74) is 4.16. The van der Waals surface area contributed by atoms with Gasteiger partial charge in [-0.25, -0.2) is 0 Å². The molecule has 3 nitrogen and oxygen atoms in total. The molecule has 0 saturated carbocycles. The lowest BCUT2D eigenvalue weighted by atomic mass is 9.98. The lowest BCUT2D eigenvalue weighted by Gasteiger charge is -2.11. The van der Waals surface area contributed by atoms with Gasteiger partial charge in [-0.3, -0.25) is 9.59 Å². The van der Waals surface area contributed by atoms with Crippen LogP contribution in [0.4, 0.5) is 0 Å². The van der Waals surface area contributed by atoms with Gasteiger partial charge >= 0.3 is 5.97 Å². The number of rotatable bonds is 8. The summed E-state index contributed by atoms with van der Waals surface area (Å²) in [6.45, 7) is 1.98. The van der Waals surface area contributed by atoms with E-state index in [-0.39, 0.29) is 24.8 Å². The standard InChI is InChI=1S/C25H24O3/c1-19(25(27)28-18-21-8-4-2-5-9-21)16-24(26)17-20-12-14-23(15-13-20)22-10-6-3-7-11-22/h2-15,19H,16-18H2,1H3. The molecule has 28 heavy (non-hydrogen) atoms. The van der Waals surface area contributed by atoms with E-state index in [2.05, 4.69) is 12.1 Å². The average Bonchev–Trinajstić information content (AvgIpc) is 2.74. The number of benzene rings is 3. The van der Waals surface area contributed by atoms with Gasteiger partial charge in [-0.1, -0.05) is 91.9 Å². The second-order valence-corrected chi connectivity index (χ2v) is 6.98. The van der Waals surface area contributed by atoms with Gasteiger partial charge in [0, 0.05) is 12.8 Å². The van der Waals surface area contributed by atoms with Crippen LogP contribution in [0.5, 0.6) is 0 Å². The smallest absolute Gasteiger partial charge is 0.309 e. The molecule has 0 spiro atoms. The van der Waals surface area contributed by atoms with Crippen molar-refractivity contribution in [3.05, 3.63) is 96.1 Å². The summed E-state index contributed by atoms with van der Waals surface area (Å²) in [4.78, 5) is 24.5. The van der Waals surface area contributed by atoms with E-state index < -0.39 is 5.92 Å². The molecule has 0 aliphatic rings. The van der Waals surface area contributed by atoms with Crippen molar-refractivity contribution in [1.29, 1.82) is 0 Å². The Morgan fingerprint density at radius 3 is 1.96 bits per heavy atom. The van der Waals surface area contributed by atoms with Crippen molar-refractivity contribution >= 4 is 11.8 Å². The Kier molecular flexibility index (Phi) is 6.74. The molecule has 3 aromatic carbocycles. The van der Waals surface area contributed by atoms with Crippen LogP contribution in [0.25, 0.3) is 11.1 Å². The van der Waals surface area contributed by atoms with E-state index in [4.69, 9.17) is 4.74 Å². The number of ether oxygens (including phenoxy) is 1. The Morgan fingerprint density at radius 1 is 0.750 bits per heavy atom. The van der Waals surface area contributed by atoms with Crippen molar-refractivity contribution in [3.8, 4) is 11.1 Å². The van der Waals surface area contributed by atoms with E-state index in [0.717, 1.165) is 22.3 Å². The molecule has 0 aliphatic carbocycles. The SMILES string of the molecule is CC(CC(=O)Cc1ccc(-c2ccccc2)cc1)C(=O)OCc1ccccc1. The number of esters is 1. The van der Waals surface area contributed by atoms with E-state index in [0.29, 0.717) is 6.42 Å². The molecule has 0 N–H and O–H groups in total. The first-order valence-electron chi connectivity index (χ1n) is 9.48. The van der Waals surface area contributed by atoms with Crippen LogP contribution in [0, 0.1) is 5.92 Å².